The number of ether oxygens (including phenoxy) is 1. The number of benzene rings is 2. The van der Waals surface area contributed by atoms with Crippen LogP contribution in [0.15, 0.2) is 82.4 Å². The molecule has 39 heavy (non-hydrogen) atoms. The van der Waals surface area contributed by atoms with Crippen molar-refractivity contribution in [1.82, 2.24) is 25.1 Å². The number of hydrazone groups is 1. The molecular formula is C27H25FN6O3S2. The summed E-state index contributed by atoms with van der Waals surface area (Å²) in [6.07, 6.45) is 0.546. The standard InChI is InChI=1S/C27H25FN6O3S2/c1-33-24(15-29-25(35)16-37-20-6-3-2-4-7-20)30-31-27(33)39-17-26(36)34-22(18-9-11-19(28)12-10-18)14-21(32-34)23-8-5-13-38-23/h2-13,22H,14-17H2,1H3,(H,29,35)/t22-/m0/s1. The van der Waals surface area contributed by atoms with Crippen LogP contribution in [0.3, 0.4) is 0 Å². The summed E-state index contributed by atoms with van der Waals surface area (Å²) in [7, 11) is 1.78. The van der Waals surface area contributed by atoms with Gasteiger partial charge in [0.2, 0.25) is 0 Å². The van der Waals surface area contributed by atoms with E-state index >= 15 is 0 Å². The first kappa shape index (κ1) is 26.6. The van der Waals surface area contributed by atoms with E-state index in [2.05, 4.69) is 20.6 Å². The lowest BCUT2D eigenvalue weighted by Gasteiger charge is -2.21. The minimum Gasteiger partial charge on any atom is -0.484 e. The summed E-state index contributed by atoms with van der Waals surface area (Å²) in [5.74, 6) is 0.427. The number of hydrogen-bond acceptors (Lipinski definition) is 8. The highest BCUT2D eigenvalue weighted by Crippen LogP contribution is 2.34. The van der Waals surface area contributed by atoms with Gasteiger partial charge in [0.25, 0.3) is 11.8 Å². The van der Waals surface area contributed by atoms with Crippen LogP contribution in [-0.4, -0.2) is 49.7 Å². The lowest BCUT2D eigenvalue weighted by atomic mass is 10.0. The van der Waals surface area contributed by atoms with Crippen molar-refractivity contribution in [2.75, 3.05) is 12.4 Å². The Balaban J connectivity index is 1.19. The Kier molecular flexibility index (Phi) is 8.33. The highest BCUT2D eigenvalue weighted by Gasteiger charge is 2.33. The fourth-order valence-electron chi connectivity index (χ4n) is 3.99. The third kappa shape index (κ3) is 6.52. The normalized spacial score (nSPS) is 14.8. The predicted octanol–water partition coefficient (Wildman–Crippen LogP) is 4.18. The first-order valence-corrected chi connectivity index (χ1v) is 14.0. The molecule has 2 amide bonds. The Morgan fingerprint density at radius 2 is 1.90 bits per heavy atom. The number of nitrogens with zero attached hydrogens (tertiary/aromatic N) is 5. The first-order valence-electron chi connectivity index (χ1n) is 12.1. The highest BCUT2D eigenvalue weighted by atomic mass is 32.2. The number of aromatic nitrogens is 3. The molecule has 0 radical (unpaired) electrons. The average Bonchev–Trinajstić information content (AvgIpc) is 3.71. The molecule has 0 saturated heterocycles. The van der Waals surface area contributed by atoms with Crippen molar-refractivity contribution in [3.8, 4) is 5.75 Å². The van der Waals surface area contributed by atoms with E-state index in [-0.39, 0.29) is 42.6 Å². The van der Waals surface area contributed by atoms with Crippen molar-refractivity contribution in [3.05, 3.63) is 94.2 Å². The van der Waals surface area contributed by atoms with Crippen molar-refractivity contribution in [2.24, 2.45) is 12.1 Å². The quantitative estimate of drug-likeness (QED) is 0.290. The van der Waals surface area contributed by atoms with E-state index in [9.17, 15) is 14.0 Å². The van der Waals surface area contributed by atoms with Gasteiger partial charge in [-0.2, -0.15) is 5.10 Å². The molecule has 3 heterocycles. The van der Waals surface area contributed by atoms with Crippen molar-refractivity contribution in [2.45, 2.75) is 24.2 Å². The summed E-state index contributed by atoms with van der Waals surface area (Å²) in [5, 5.41) is 19.7. The lowest BCUT2D eigenvalue weighted by Crippen LogP contribution is -2.29. The smallest absolute Gasteiger partial charge is 0.258 e. The minimum absolute atomic E-state index is 0.0855. The second-order valence-electron chi connectivity index (χ2n) is 8.66. The molecule has 0 unspecified atom stereocenters. The first-order chi connectivity index (χ1) is 19.0. The largest absolute Gasteiger partial charge is 0.484 e. The fourth-order valence-corrected chi connectivity index (χ4v) is 5.49. The zero-order valence-corrected chi connectivity index (χ0v) is 22.6. The van der Waals surface area contributed by atoms with Crippen LogP contribution in [0.4, 0.5) is 4.39 Å². The summed E-state index contributed by atoms with van der Waals surface area (Å²) in [4.78, 5) is 26.5. The van der Waals surface area contributed by atoms with Gasteiger partial charge in [0.15, 0.2) is 17.6 Å². The minimum atomic E-state index is -0.331. The van der Waals surface area contributed by atoms with Crippen molar-refractivity contribution >= 4 is 40.6 Å². The number of para-hydroxylation sites is 1. The number of thioether (sulfide) groups is 1. The van der Waals surface area contributed by atoms with Gasteiger partial charge in [0, 0.05) is 13.5 Å². The van der Waals surface area contributed by atoms with Gasteiger partial charge in [0.1, 0.15) is 11.6 Å². The number of carbonyl (C=O) groups is 2. The third-order valence-corrected chi connectivity index (χ3v) is 7.96. The van der Waals surface area contributed by atoms with Gasteiger partial charge in [0.05, 0.1) is 28.9 Å². The van der Waals surface area contributed by atoms with Crippen molar-refractivity contribution in [1.29, 1.82) is 0 Å². The predicted molar refractivity (Wildman–Crippen MR) is 147 cm³/mol. The Bertz CT molecular complexity index is 1460. The Labute approximate surface area is 232 Å². The van der Waals surface area contributed by atoms with E-state index < -0.39 is 0 Å². The van der Waals surface area contributed by atoms with Gasteiger partial charge in [-0.3, -0.25) is 9.59 Å². The monoisotopic (exact) mass is 564 g/mol. The van der Waals surface area contributed by atoms with Crippen LogP contribution in [-0.2, 0) is 23.2 Å². The summed E-state index contributed by atoms with van der Waals surface area (Å²) >= 11 is 2.80. The number of carbonyl (C=O) groups excluding carboxylic acids is 2. The molecule has 1 aliphatic rings. The van der Waals surface area contributed by atoms with Gasteiger partial charge in [-0.1, -0.05) is 48.2 Å². The second kappa shape index (κ2) is 12.2. The molecule has 2 aromatic heterocycles. The number of nitrogens with one attached hydrogen (secondary N) is 1. The Morgan fingerprint density at radius 1 is 1.10 bits per heavy atom. The molecule has 1 aliphatic heterocycles. The van der Waals surface area contributed by atoms with E-state index in [0.29, 0.717) is 23.2 Å². The van der Waals surface area contributed by atoms with Crippen LogP contribution in [0.1, 0.15) is 28.7 Å². The van der Waals surface area contributed by atoms with E-state index in [1.54, 1.807) is 47.2 Å². The van der Waals surface area contributed by atoms with E-state index in [1.165, 1.54) is 28.9 Å². The average molecular weight is 565 g/mol. The van der Waals surface area contributed by atoms with Crippen molar-refractivity contribution < 1.29 is 18.7 Å². The summed E-state index contributed by atoms with van der Waals surface area (Å²) in [6, 6.07) is 18.8. The van der Waals surface area contributed by atoms with E-state index in [0.717, 1.165) is 16.2 Å². The van der Waals surface area contributed by atoms with Crippen LogP contribution >= 0.6 is 23.1 Å². The zero-order valence-electron chi connectivity index (χ0n) is 21.0. The lowest BCUT2D eigenvalue weighted by molar-refractivity contribution is -0.130. The molecule has 0 bridgehead atoms. The molecule has 0 spiro atoms. The zero-order chi connectivity index (χ0) is 27.2. The molecule has 0 aliphatic carbocycles. The maximum Gasteiger partial charge on any atom is 0.258 e. The van der Waals surface area contributed by atoms with Crippen LogP contribution in [0.25, 0.3) is 0 Å². The fraction of sp³-hybridized carbons (Fsp3) is 0.222. The summed E-state index contributed by atoms with van der Waals surface area (Å²) < 4.78 is 20.7. The topological polar surface area (TPSA) is 102 Å². The van der Waals surface area contributed by atoms with Crippen LogP contribution < -0.4 is 10.1 Å². The van der Waals surface area contributed by atoms with Crippen LogP contribution in [0.5, 0.6) is 5.75 Å². The molecule has 200 valence electrons. The van der Waals surface area contributed by atoms with E-state index in [4.69, 9.17) is 4.74 Å². The van der Waals surface area contributed by atoms with Gasteiger partial charge in [-0.25, -0.2) is 9.40 Å². The Hall–Kier alpha value is -4.03. The number of amides is 2. The molecule has 9 nitrogen and oxygen atoms in total. The maximum atomic E-state index is 13.5. The van der Waals surface area contributed by atoms with Gasteiger partial charge in [-0.05, 0) is 41.3 Å². The number of rotatable bonds is 10. The molecular weight excluding hydrogens is 539 g/mol. The molecule has 4 aromatic rings. The molecule has 1 N–H and O–H groups in total. The van der Waals surface area contributed by atoms with Crippen molar-refractivity contribution in [3.63, 3.8) is 0 Å². The number of halogens is 1. The van der Waals surface area contributed by atoms with Gasteiger partial charge < -0.3 is 14.6 Å². The summed E-state index contributed by atoms with van der Waals surface area (Å²) in [6.45, 7) is 0.0548. The van der Waals surface area contributed by atoms with Crippen LogP contribution in [0, 0.1) is 5.82 Å². The molecule has 0 fully saturated rings. The molecule has 5 rings (SSSR count). The molecule has 0 saturated carbocycles. The molecule has 12 heteroatoms. The highest BCUT2D eigenvalue weighted by molar-refractivity contribution is 7.99. The molecule has 1 atom stereocenters. The van der Waals surface area contributed by atoms with Gasteiger partial charge >= 0.3 is 0 Å². The number of thiophene rings is 1. The molecule has 2 aromatic carbocycles. The van der Waals surface area contributed by atoms with Crippen LogP contribution in [0.2, 0.25) is 0 Å². The Morgan fingerprint density at radius 3 is 2.64 bits per heavy atom. The maximum absolute atomic E-state index is 13.5. The SMILES string of the molecule is Cn1c(CNC(=O)COc2ccccc2)nnc1SCC(=O)N1N=C(c2cccs2)C[C@H]1c1ccc(F)cc1. The summed E-state index contributed by atoms with van der Waals surface area (Å²) in [5.41, 5.74) is 1.64. The number of hydrogen-bond donors (Lipinski definition) is 1. The van der Waals surface area contributed by atoms with E-state index in [1.807, 2.05) is 35.7 Å². The second-order valence-corrected chi connectivity index (χ2v) is 10.5. The van der Waals surface area contributed by atoms with Gasteiger partial charge in [-0.15, -0.1) is 21.5 Å². The third-order valence-electron chi connectivity index (χ3n) is 6.03.